The summed E-state index contributed by atoms with van der Waals surface area (Å²) in [4.78, 5) is 26.4. The van der Waals surface area contributed by atoms with E-state index in [1.165, 1.54) is 10.5 Å². The minimum atomic E-state index is -0.207. The van der Waals surface area contributed by atoms with Gasteiger partial charge in [0.15, 0.2) is 0 Å². The van der Waals surface area contributed by atoms with Gasteiger partial charge in [-0.05, 0) is 36.1 Å². The summed E-state index contributed by atoms with van der Waals surface area (Å²) in [5, 5.41) is 3.84. The largest absolute Gasteiger partial charge is 0.464 e. The molecule has 0 aliphatic rings. The molecule has 0 saturated heterocycles. The monoisotopic (exact) mass is 378 g/mol. The molecule has 0 bridgehead atoms. The molecular weight excluding hydrogens is 352 g/mol. The van der Waals surface area contributed by atoms with Gasteiger partial charge in [0, 0.05) is 23.7 Å². The van der Waals surface area contributed by atoms with E-state index in [0.29, 0.717) is 0 Å². The summed E-state index contributed by atoms with van der Waals surface area (Å²) in [5.41, 5.74) is 4.69. The molecule has 0 unspecified atom stereocenters. The minimum absolute atomic E-state index is 0.00660. The second kappa shape index (κ2) is 8.74. The summed E-state index contributed by atoms with van der Waals surface area (Å²) in [6, 6.07) is 13.7. The van der Waals surface area contributed by atoms with Crippen LogP contribution in [-0.4, -0.2) is 30.3 Å². The van der Waals surface area contributed by atoms with Crippen LogP contribution in [0.1, 0.15) is 30.5 Å². The van der Waals surface area contributed by atoms with Crippen molar-refractivity contribution in [1.29, 1.82) is 0 Å². The first-order chi connectivity index (χ1) is 13.5. The number of likely N-dealkylation sites (N-methyl/N-ethyl adjacent to an activating group) is 1. The average Bonchev–Trinajstić information content (AvgIpc) is 3.10. The van der Waals surface area contributed by atoms with Crippen LogP contribution in [0.15, 0.2) is 53.1 Å². The molecule has 3 aromatic rings. The maximum atomic E-state index is 12.6. The molecular formula is C23H26N2O3. The van der Waals surface area contributed by atoms with Gasteiger partial charge in [0.1, 0.15) is 5.58 Å². The molecule has 1 aromatic heterocycles. The van der Waals surface area contributed by atoms with Crippen molar-refractivity contribution in [3.8, 4) is 0 Å². The number of carbonyl (C=O) groups is 2. The highest BCUT2D eigenvalue weighted by Crippen LogP contribution is 2.23. The Bertz CT molecular complexity index is 990. The molecule has 2 amide bonds. The van der Waals surface area contributed by atoms with Crippen LogP contribution in [-0.2, 0) is 28.9 Å². The minimum Gasteiger partial charge on any atom is -0.464 e. The van der Waals surface area contributed by atoms with E-state index in [4.69, 9.17) is 4.42 Å². The van der Waals surface area contributed by atoms with E-state index >= 15 is 0 Å². The van der Waals surface area contributed by atoms with Crippen LogP contribution >= 0.6 is 0 Å². The van der Waals surface area contributed by atoms with E-state index in [0.717, 1.165) is 40.6 Å². The number of para-hydroxylation sites is 1. The molecule has 0 spiro atoms. The first-order valence-electron chi connectivity index (χ1n) is 9.62. The van der Waals surface area contributed by atoms with Gasteiger partial charge in [-0.25, -0.2) is 0 Å². The maximum Gasteiger partial charge on any atom is 0.243 e. The van der Waals surface area contributed by atoms with Crippen LogP contribution in [0.5, 0.6) is 0 Å². The normalized spacial score (nSPS) is 10.8. The molecule has 2 aromatic carbocycles. The zero-order chi connectivity index (χ0) is 20.1. The predicted molar refractivity (Wildman–Crippen MR) is 111 cm³/mol. The smallest absolute Gasteiger partial charge is 0.243 e. The van der Waals surface area contributed by atoms with Crippen molar-refractivity contribution in [3.63, 3.8) is 0 Å². The van der Waals surface area contributed by atoms with Crippen molar-refractivity contribution in [2.75, 3.05) is 18.9 Å². The molecule has 0 aliphatic heterocycles. The summed E-state index contributed by atoms with van der Waals surface area (Å²) in [7, 11) is 1.64. The third-order valence-electron chi connectivity index (χ3n) is 4.95. The lowest BCUT2D eigenvalue weighted by Gasteiger charge is -2.17. The van der Waals surface area contributed by atoms with E-state index in [2.05, 4.69) is 12.2 Å². The van der Waals surface area contributed by atoms with Crippen molar-refractivity contribution < 1.29 is 14.0 Å². The number of benzene rings is 2. The molecule has 146 valence electrons. The number of hydrogen-bond acceptors (Lipinski definition) is 3. The number of aryl methyl sites for hydroxylation is 2. The maximum absolute atomic E-state index is 12.6. The predicted octanol–water partition coefficient (Wildman–Crippen LogP) is 4.20. The van der Waals surface area contributed by atoms with Gasteiger partial charge in [0.05, 0.1) is 19.2 Å². The van der Waals surface area contributed by atoms with Crippen LogP contribution < -0.4 is 5.32 Å². The highest BCUT2D eigenvalue weighted by molar-refractivity contribution is 5.96. The summed E-state index contributed by atoms with van der Waals surface area (Å²) in [6.07, 6.45) is 3.60. The fourth-order valence-electron chi connectivity index (χ4n) is 3.23. The van der Waals surface area contributed by atoms with Crippen LogP contribution in [0.3, 0.4) is 0 Å². The lowest BCUT2D eigenvalue weighted by atomic mass is 10.1. The van der Waals surface area contributed by atoms with Crippen LogP contribution in [0.4, 0.5) is 5.69 Å². The average molecular weight is 378 g/mol. The summed E-state index contributed by atoms with van der Waals surface area (Å²) in [6.45, 7) is 4.14. The Morgan fingerprint density at radius 3 is 2.57 bits per heavy atom. The topological polar surface area (TPSA) is 62.6 Å². The van der Waals surface area contributed by atoms with Gasteiger partial charge >= 0.3 is 0 Å². The Morgan fingerprint density at radius 1 is 1.04 bits per heavy atom. The molecule has 5 heteroatoms. The molecule has 1 heterocycles. The van der Waals surface area contributed by atoms with Crippen molar-refractivity contribution in [3.05, 3.63) is 65.4 Å². The van der Waals surface area contributed by atoms with Crippen molar-refractivity contribution >= 4 is 28.5 Å². The van der Waals surface area contributed by atoms with Crippen molar-refractivity contribution in [2.45, 2.75) is 33.1 Å². The lowest BCUT2D eigenvalue weighted by Crippen LogP contribution is -2.35. The number of fused-ring (bicyclic) bond motifs is 1. The molecule has 28 heavy (non-hydrogen) atoms. The lowest BCUT2D eigenvalue weighted by molar-refractivity contribution is -0.132. The SMILES string of the molecule is CCc1ccc2c(CC(=O)N(C)CC(=O)Nc3ccccc3CC)coc2c1. The zero-order valence-electron chi connectivity index (χ0n) is 16.6. The molecule has 0 fully saturated rings. The second-order valence-electron chi connectivity index (χ2n) is 6.93. The molecule has 0 radical (unpaired) electrons. The van der Waals surface area contributed by atoms with E-state index in [1.807, 2.05) is 49.4 Å². The Morgan fingerprint density at radius 2 is 1.82 bits per heavy atom. The fraction of sp³-hybridized carbons (Fsp3) is 0.304. The molecule has 1 N–H and O–H groups in total. The Hall–Kier alpha value is -3.08. The number of amides is 2. The highest BCUT2D eigenvalue weighted by atomic mass is 16.3. The fourth-order valence-corrected chi connectivity index (χ4v) is 3.23. The van der Waals surface area contributed by atoms with E-state index in [9.17, 15) is 9.59 Å². The van der Waals surface area contributed by atoms with E-state index in [-0.39, 0.29) is 24.8 Å². The van der Waals surface area contributed by atoms with Gasteiger partial charge in [0.25, 0.3) is 0 Å². The summed E-state index contributed by atoms with van der Waals surface area (Å²) < 4.78 is 5.61. The highest BCUT2D eigenvalue weighted by Gasteiger charge is 2.17. The van der Waals surface area contributed by atoms with E-state index < -0.39 is 0 Å². The van der Waals surface area contributed by atoms with Crippen LogP contribution in [0, 0.1) is 0 Å². The van der Waals surface area contributed by atoms with Gasteiger partial charge < -0.3 is 14.6 Å². The Balaban J connectivity index is 1.62. The number of furan rings is 1. The second-order valence-corrected chi connectivity index (χ2v) is 6.93. The van der Waals surface area contributed by atoms with Crippen molar-refractivity contribution in [2.24, 2.45) is 0 Å². The quantitative estimate of drug-likeness (QED) is 0.670. The Kier molecular flexibility index (Phi) is 6.14. The third-order valence-corrected chi connectivity index (χ3v) is 4.95. The van der Waals surface area contributed by atoms with Crippen LogP contribution in [0.2, 0.25) is 0 Å². The van der Waals surface area contributed by atoms with Gasteiger partial charge in [-0.3, -0.25) is 9.59 Å². The zero-order valence-corrected chi connectivity index (χ0v) is 16.6. The van der Waals surface area contributed by atoms with Gasteiger partial charge in [-0.1, -0.05) is 44.2 Å². The van der Waals surface area contributed by atoms with Gasteiger partial charge in [-0.2, -0.15) is 0 Å². The third kappa shape index (κ3) is 4.42. The number of nitrogens with zero attached hydrogens (tertiary/aromatic N) is 1. The number of rotatable bonds is 7. The summed E-state index contributed by atoms with van der Waals surface area (Å²) in [5.74, 6) is -0.331. The first-order valence-corrected chi connectivity index (χ1v) is 9.62. The van der Waals surface area contributed by atoms with E-state index in [1.54, 1.807) is 13.3 Å². The van der Waals surface area contributed by atoms with Crippen molar-refractivity contribution in [1.82, 2.24) is 4.90 Å². The Labute approximate surface area is 165 Å². The van der Waals surface area contributed by atoms with Gasteiger partial charge in [0.2, 0.25) is 11.8 Å². The van der Waals surface area contributed by atoms with Crippen LogP contribution in [0.25, 0.3) is 11.0 Å². The number of carbonyl (C=O) groups excluding carboxylic acids is 2. The number of hydrogen-bond donors (Lipinski definition) is 1. The van der Waals surface area contributed by atoms with Gasteiger partial charge in [-0.15, -0.1) is 0 Å². The number of nitrogens with one attached hydrogen (secondary N) is 1. The molecule has 0 saturated carbocycles. The molecule has 3 rings (SSSR count). The first kappa shape index (κ1) is 19.7. The standard InChI is InChI=1S/C23H26N2O3/c1-4-16-10-11-19-18(15-28-21(19)12-16)13-23(27)25(3)14-22(26)24-20-9-7-6-8-17(20)5-2/h6-12,15H,4-5,13-14H2,1-3H3,(H,24,26). The molecule has 5 nitrogen and oxygen atoms in total. The molecule has 0 atom stereocenters. The summed E-state index contributed by atoms with van der Waals surface area (Å²) >= 11 is 0. The number of anilines is 1. The molecule has 0 aliphatic carbocycles.